The van der Waals surface area contributed by atoms with Crippen molar-refractivity contribution in [1.29, 1.82) is 0 Å². The fourth-order valence-corrected chi connectivity index (χ4v) is 1.07. The fraction of sp³-hybridized carbons (Fsp3) is 0.909. The summed E-state index contributed by atoms with van der Waals surface area (Å²) in [5.41, 5.74) is 5.01. The van der Waals surface area contributed by atoms with Gasteiger partial charge in [-0.2, -0.15) is 0 Å². The van der Waals surface area contributed by atoms with Gasteiger partial charge in [0, 0.05) is 19.0 Å². The number of nitrogens with one attached hydrogen (secondary N) is 1. The summed E-state index contributed by atoms with van der Waals surface area (Å²) in [5, 5.41) is 2.44. The number of halogens is 2. The van der Waals surface area contributed by atoms with Crippen LogP contribution < -0.4 is 11.1 Å². The third-order valence-electron chi connectivity index (χ3n) is 1.86. The predicted octanol–water partition coefficient (Wildman–Crippen LogP) is 2.27. The molecule has 0 saturated heterocycles. The lowest BCUT2D eigenvalue weighted by molar-refractivity contribution is 0.00922. The Morgan fingerprint density at radius 1 is 1.35 bits per heavy atom. The minimum Gasteiger partial charge on any atom is -0.444 e. The van der Waals surface area contributed by atoms with Crippen molar-refractivity contribution in [2.24, 2.45) is 5.73 Å². The quantitative estimate of drug-likeness (QED) is 0.789. The minimum atomic E-state index is -2.72. The molecule has 0 saturated carbocycles. The van der Waals surface area contributed by atoms with E-state index in [2.05, 4.69) is 5.32 Å². The molecule has 0 heterocycles. The Kier molecular flexibility index (Phi) is 5.81. The molecule has 0 unspecified atom stereocenters. The second-order valence-electron chi connectivity index (χ2n) is 5.25. The van der Waals surface area contributed by atoms with Gasteiger partial charge in [-0.15, -0.1) is 0 Å². The van der Waals surface area contributed by atoms with E-state index in [4.69, 9.17) is 10.5 Å². The van der Waals surface area contributed by atoms with Crippen molar-refractivity contribution >= 4 is 6.09 Å². The zero-order valence-corrected chi connectivity index (χ0v) is 10.8. The van der Waals surface area contributed by atoms with Crippen molar-refractivity contribution in [3.63, 3.8) is 0 Å². The van der Waals surface area contributed by atoms with Crippen LogP contribution in [0.3, 0.4) is 0 Å². The van der Waals surface area contributed by atoms with Crippen LogP contribution in [0.15, 0.2) is 0 Å². The maximum Gasteiger partial charge on any atom is 0.407 e. The zero-order valence-electron chi connectivity index (χ0n) is 10.8. The van der Waals surface area contributed by atoms with Crippen LogP contribution in [0.25, 0.3) is 0 Å². The van der Waals surface area contributed by atoms with Crippen molar-refractivity contribution in [3.05, 3.63) is 0 Å². The summed E-state index contributed by atoms with van der Waals surface area (Å²) in [7, 11) is 0. The third-order valence-corrected chi connectivity index (χ3v) is 1.86. The van der Waals surface area contributed by atoms with Crippen LogP contribution in [0.2, 0.25) is 0 Å². The van der Waals surface area contributed by atoms with Gasteiger partial charge in [-0.25, -0.2) is 13.6 Å². The van der Waals surface area contributed by atoms with E-state index in [1.807, 2.05) is 0 Å². The number of alkyl halides is 2. The average Bonchev–Trinajstić information content (AvgIpc) is 2.07. The Bertz CT molecular complexity index is 247. The van der Waals surface area contributed by atoms with Crippen LogP contribution in [0.1, 0.15) is 40.5 Å². The van der Waals surface area contributed by atoms with E-state index in [9.17, 15) is 13.6 Å². The predicted molar refractivity (Wildman–Crippen MR) is 62.1 cm³/mol. The molecule has 0 spiro atoms. The van der Waals surface area contributed by atoms with E-state index in [1.54, 1.807) is 20.8 Å². The summed E-state index contributed by atoms with van der Waals surface area (Å²) >= 11 is 0. The molecular formula is C11H22F2N2O2. The van der Waals surface area contributed by atoms with Crippen molar-refractivity contribution in [3.8, 4) is 0 Å². The van der Waals surface area contributed by atoms with E-state index in [1.165, 1.54) is 0 Å². The van der Waals surface area contributed by atoms with E-state index in [0.29, 0.717) is 0 Å². The smallest absolute Gasteiger partial charge is 0.407 e. The lowest BCUT2D eigenvalue weighted by atomic mass is 10.1. The Morgan fingerprint density at radius 2 is 1.88 bits per heavy atom. The molecule has 1 atom stereocenters. The van der Waals surface area contributed by atoms with Crippen LogP contribution in [-0.4, -0.2) is 30.2 Å². The maximum absolute atomic E-state index is 12.5. The first-order valence-electron chi connectivity index (χ1n) is 5.60. The molecule has 0 aromatic heterocycles. The minimum absolute atomic E-state index is 0.130. The van der Waals surface area contributed by atoms with Gasteiger partial charge < -0.3 is 15.8 Å². The number of alkyl carbamates (subject to hydrolysis) is 1. The van der Waals surface area contributed by atoms with Gasteiger partial charge >= 0.3 is 6.09 Å². The Labute approximate surface area is 101 Å². The summed E-state index contributed by atoms with van der Waals surface area (Å²) in [6, 6.07) is -0.492. The standard InChI is InChI=1S/C11H22F2N2O2/c1-10(2,3)17-9(16)15-7-8(14)5-6-11(4,12)13/h8H,5-7,14H2,1-4H3,(H,15,16)/t8-/m1/s1. The summed E-state index contributed by atoms with van der Waals surface area (Å²) in [5.74, 6) is -2.72. The molecule has 0 radical (unpaired) electrons. The summed E-state index contributed by atoms with van der Waals surface area (Å²) < 4.78 is 30.1. The Morgan fingerprint density at radius 3 is 2.29 bits per heavy atom. The second kappa shape index (κ2) is 6.14. The molecule has 3 N–H and O–H groups in total. The molecule has 6 heteroatoms. The normalized spacial score (nSPS) is 14.3. The number of hydrogen-bond acceptors (Lipinski definition) is 3. The summed E-state index contributed by atoms with van der Waals surface area (Å²) in [6.45, 7) is 6.20. The molecule has 0 aliphatic carbocycles. The third kappa shape index (κ3) is 11.4. The largest absolute Gasteiger partial charge is 0.444 e. The summed E-state index contributed by atoms with van der Waals surface area (Å²) in [4.78, 5) is 11.2. The van der Waals surface area contributed by atoms with Gasteiger partial charge in [0.05, 0.1) is 0 Å². The number of hydrogen-bond donors (Lipinski definition) is 2. The first-order valence-corrected chi connectivity index (χ1v) is 5.60. The second-order valence-corrected chi connectivity index (χ2v) is 5.25. The topological polar surface area (TPSA) is 64.3 Å². The monoisotopic (exact) mass is 252 g/mol. The van der Waals surface area contributed by atoms with Crippen LogP contribution >= 0.6 is 0 Å². The molecule has 0 fully saturated rings. The van der Waals surface area contributed by atoms with Gasteiger partial charge in [0.15, 0.2) is 0 Å². The summed E-state index contributed by atoms with van der Waals surface area (Å²) in [6.07, 6.45) is -0.722. The number of carbonyl (C=O) groups is 1. The molecule has 0 bridgehead atoms. The van der Waals surface area contributed by atoms with Crippen LogP contribution in [0.4, 0.5) is 13.6 Å². The van der Waals surface area contributed by atoms with Crippen molar-refractivity contribution in [2.45, 2.75) is 58.1 Å². The Hall–Kier alpha value is -0.910. The Balaban J connectivity index is 3.77. The molecule has 1 amide bonds. The lowest BCUT2D eigenvalue weighted by Crippen LogP contribution is -2.40. The highest BCUT2D eigenvalue weighted by Gasteiger charge is 2.22. The average molecular weight is 252 g/mol. The van der Waals surface area contributed by atoms with Gasteiger partial charge in [-0.3, -0.25) is 0 Å². The van der Waals surface area contributed by atoms with Gasteiger partial charge in [0.1, 0.15) is 5.60 Å². The van der Waals surface area contributed by atoms with Crippen LogP contribution in [0.5, 0.6) is 0 Å². The highest BCUT2D eigenvalue weighted by Crippen LogP contribution is 2.19. The van der Waals surface area contributed by atoms with E-state index >= 15 is 0 Å². The first kappa shape index (κ1) is 16.1. The molecule has 4 nitrogen and oxygen atoms in total. The number of amides is 1. The number of nitrogens with two attached hydrogens (primary N) is 1. The SMILES string of the molecule is CC(F)(F)CC[C@@H](N)CNC(=O)OC(C)(C)C. The maximum atomic E-state index is 12.5. The lowest BCUT2D eigenvalue weighted by Gasteiger charge is -2.21. The molecular weight excluding hydrogens is 230 g/mol. The molecule has 17 heavy (non-hydrogen) atoms. The van der Waals surface area contributed by atoms with Crippen molar-refractivity contribution < 1.29 is 18.3 Å². The number of rotatable bonds is 5. The van der Waals surface area contributed by atoms with Crippen LogP contribution in [0, 0.1) is 0 Å². The van der Waals surface area contributed by atoms with Crippen molar-refractivity contribution in [1.82, 2.24) is 5.32 Å². The fourth-order valence-electron chi connectivity index (χ4n) is 1.07. The van der Waals surface area contributed by atoms with Gasteiger partial charge in [-0.1, -0.05) is 0 Å². The molecule has 0 aliphatic heterocycles. The molecule has 0 rings (SSSR count). The van der Waals surface area contributed by atoms with Gasteiger partial charge in [-0.05, 0) is 34.1 Å². The number of carbonyl (C=O) groups excluding carboxylic acids is 1. The highest BCUT2D eigenvalue weighted by atomic mass is 19.3. The van der Waals surface area contributed by atoms with E-state index < -0.39 is 23.7 Å². The number of ether oxygens (including phenoxy) is 1. The van der Waals surface area contributed by atoms with Gasteiger partial charge in [0.25, 0.3) is 0 Å². The highest BCUT2D eigenvalue weighted by molar-refractivity contribution is 5.67. The van der Waals surface area contributed by atoms with E-state index in [0.717, 1.165) is 6.92 Å². The van der Waals surface area contributed by atoms with Gasteiger partial charge in [0.2, 0.25) is 5.92 Å². The molecule has 0 aromatic rings. The van der Waals surface area contributed by atoms with Crippen molar-refractivity contribution in [2.75, 3.05) is 6.54 Å². The molecule has 102 valence electrons. The van der Waals surface area contributed by atoms with Crippen LogP contribution in [-0.2, 0) is 4.74 Å². The first-order chi connectivity index (χ1) is 7.49. The zero-order chi connectivity index (χ0) is 13.7. The molecule has 0 aliphatic rings. The van der Waals surface area contributed by atoms with E-state index in [-0.39, 0.29) is 19.4 Å². The molecule has 0 aromatic carbocycles.